The topological polar surface area (TPSA) is 62.4 Å². The average molecular weight is 151 g/mol. The molecule has 0 aliphatic heterocycles. The Morgan fingerprint density at radius 2 is 2.18 bits per heavy atom. The molecule has 0 fully saturated rings. The van der Waals surface area contributed by atoms with E-state index in [1.54, 1.807) is 0 Å². The fourth-order valence-electron chi connectivity index (χ4n) is 0.532. The van der Waals surface area contributed by atoms with Gasteiger partial charge in [-0.25, -0.2) is 9.97 Å². The van der Waals surface area contributed by atoms with Crippen LogP contribution in [-0.4, -0.2) is 17.1 Å². The minimum absolute atomic E-state index is 0.251. The number of nitrogens with zero attached hydrogens (tertiary/aromatic N) is 3. The van der Waals surface area contributed by atoms with Crippen molar-refractivity contribution in [2.75, 3.05) is 7.11 Å². The zero-order chi connectivity index (χ0) is 8.10. The molecule has 0 saturated carbocycles. The van der Waals surface area contributed by atoms with Gasteiger partial charge in [-0.3, -0.25) is 0 Å². The zero-order valence-electron chi connectivity index (χ0n) is 5.81. The van der Waals surface area contributed by atoms with Crippen LogP contribution in [0.2, 0.25) is 0 Å². The third-order valence-corrected chi connectivity index (χ3v) is 0.985. The lowest BCUT2D eigenvalue weighted by atomic mass is 10.4. The quantitative estimate of drug-likeness (QED) is 0.553. The van der Waals surface area contributed by atoms with Gasteiger partial charge in [0.15, 0.2) is 0 Å². The molecule has 0 radical (unpaired) electrons. The van der Waals surface area contributed by atoms with E-state index in [9.17, 15) is 5.21 Å². The van der Waals surface area contributed by atoms with E-state index in [0.717, 1.165) is 0 Å². The van der Waals surface area contributed by atoms with E-state index < -0.39 is 0 Å². The lowest BCUT2D eigenvalue weighted by Crippen LogP contribution is -1.90. The number of hydrogen-bond donors (Lipinski definition) is 0. The highest BCUT2D eigenvalue weighted by Crippen LogP contribution is 1.99. The van der Waals surface area contributed by atoms with Gasteiger partial charge in [-0.1, -0.05) is 0 Å². The lowest BCUT2D eigenvalue weighted by Gasteiger charge is -1.92. The summed E-state index contributed by atoms with van der Waals surface area (Å²) < 4.78 is 4.69. The zero-order valence-corrected chi connectivity index (χ0v) is 5.81. The molecule has 0 saturated heterocycles. The Morgan fingerprint density at radius 1 is 1.55 bits per heavy atom. The van der Waals surface area contributed by atoms with Crippen molar-refractivity contribution in [3.8, 4) is 12.1 Å². The molecule has 0 aliphatic rings. The molecule has 0 N–H and O–H groups in total. The second kappa shape index (κ2) is 3.37. The first-order valence-electron chi connectivity index (χ1n) is 2.81. The first-order valence-corrected chi connectivity index (χ1v) is 2.81. The van der Waals surface area contributed by atoms with Crippen molar-refractivity contribution in [3.05, 3.63) is 28.2 Å². The Kier molecular flexibility index (Phi) is 2.23. The minimum atomic E-state index is 0.251. The molecule has 5 heteroatoms. The predicted molar refractivity (Wildman–Crippen MR) is 38.3 cm³/mol. The fraction of sp³-hybridized carbons (Fsp3) is 0.167. The van der Waals surface area contributed by atoms with Crippen molar-refractivity contribution in [2.24, 2.45) is 0 Å². The molecule has 5 nitrogen and oxygen atoms in total. The largest absolute Gasteiger partial charge is 0.498 e. The molecule has 1 aromatic rings. The summed E-state index contributed by atoms with van der Waals surface area (Å²) in [6, 6.07) is 2.40. The second-order valence-corrected chi connectivity index (χ2v) is 1.66. The van der Waals surface area contributed by atoms with Crippen LogP contribution in [0, 0.1) is 11.3 Å². The first-order chi connectivity index (χ1) is 5.36. The van der Waals surface area contributed by atoms with Gasteiger partial charge < -0.3 is 9.94 Å². The van der Waals surface area contributed by atoms with Gasteiger partial charge in [0.2, 0.25) is 0 Å². The van der Waals surface area contributed by atoms with Crippen LogP contribution in [0.25, 0.3) is 5.01 Å². The summed E-state index contributed by atoms with van der Waals surface area (Å²) >= 11 is 0. The molecular formula is C6H5N3O2. The third kappa shape index (κ3) is 1.79. The van der Waals surface area contributed by atoms with Gasteiger partial charge in [0.05, 0.1) is 19.5 Å². The van der Waals surface area contributed by atoms with E-state index in [1.165, 1.54) is 19.5 Å². The Bertz CT molecular complexity index is 285. The van der Waals surface area contributed by atoms with Gasteiger partial charge in [-0.2, -0.15) is 0 Å². The van der Waals surface area contributed by atoms with Crippen molar-refractivity contribution < 1.29 is 4.74 Å². The smallest absolute Gasteiger partial charge is 0.339 e. The Hall–Kier alpha value is -1.83. The molecule has 11 heavy (non-hydrogen) atoms. The van der Waals surface area contributed by atoms with Crippen LogP contribution in [0.3, 0.4) is 0 Å². The summed E-state index contributed by atoms with van der Waals surface area (Å²) in [7, 11) is 1.46. The molecule has 0 unspecified atom stereocenters. The molecule has 1 aromatic heterocycles. The Labute approximate surface area is 63.1 Å². The number of methoxy groups -OCH3 is 1. The van der Waals surface area contributed by atoms with Crippen LogP contribution in [0.4, 0.5) is 0 Å². The molecule has 1 rings (SSSR count). The highest BCUT2D eigenvalue weighted by Gasteiger charge is 1.96. The maximum atomic E-state index is 9.68. The van der Waals surface area contributed by atoms with Crippen LogP contribution < -0.4 is 4.74 Å². The summed E-state index contributed by atoms with van der Waals surface area (Å²) in [6.45, 7) is 0. The average Bonchev–Trinajstić information content (AvgIpc) is 2.07. The number of aromatic nitrogens is 2. The summed E-state index contributed by atoms with van der Waals surface area (Å²) in [4.78, 5) is 7.44. The molecule has 1 heterocycles. The van der Waals surface area contributed by atoms with Crippen molar-refractivity contribution in [1.82, 2.24) is 9.97 Å². The molecular weight excluding hydrogens is 146 g/mol. The maximum Gasteiger partial charge on any atom is 0.339 e. The second-order valence-electron chi connectivity index (χ2n) is 1.66. The van der Waals surface area contributed by atoms with Crippen molar-refractivity contribution in [2.45, 2.75) is 0 Å². The predicted octanol–water partition coefficient (Wildman–Crippen LogP) is 0.664. The first kappa shape index (κ1) is 7.28. The standard InChI is InChI=1S/C6H5N3O2/c1-11-6-7-2-5(3-8-6)4-9-10/h2-3H,1H3. The normalized spacial score (nSPS) is 8.09. The van der Waals surface area contributed by atoms with Crippen molar-refractivity contribution >= 4 is 0 Å². The van der Waals surface area contributed by atoms with Crippen LogP contribution in [0.15, 0.2) is 12.4 Å². The molecule has 0 aromatic carbocycles. The molecule has 0 amide bonds. The van der Waals surface area contributed by atoms with E-state index in [-0.39, 0.29) is 6.01 Å². The highest BCUT2D eigenvalue weighted by atomic mass is 16.5. The van der Waals surface area contributed by atoms with Crippen LogP contribution in [0.5, 0.6) is 6.01 Å². The van der Waals surface area contributed by atoms with Gasteiger partial charge in [0.25, 0.3) is 0 Å². The molecule has 0 aliphatic carbocycles. The van der Waals surface area contributed by atoms with E-state index in [4.69, 9.17) is 0 Å². The number of hydrogen-bond acceptors (Lipinski definition) is 4. The molecule has 56 valence electrons. The number of ether oxygens (including phenoxy) is 1. The van der Waals surface area contributed by atoms with Crippen LogP contribution in [-0.2, 0) is 0 Å². The fourth-order valence-corrected chi connectivity index (χ4v) is 0.532. The molecule has 0 atom stereocenters. The van der Waals surface area contributed by atoms with E-state index in [1.807, 2.05) is 0 Å². The van der Waals surface area contributed by atoms with Crippen molar-refractivity contribution in [1.29, 1.82) is 0 Å². The SMILES string of the molecule is COc1ncc(C#[N+][O-])cn1. The van der Waals surface area contributed by atoms with Gasteiger partial charge in [0, 0.05) is 5.01 Å². The van der Waals surface area contributed by atoms with Gasteiger partial charge in [-0.05, 0) is 0 Å². The minimum Gasteiger partial charge on any atom is -0.498 e. The molecule has 0 spiro atoms. The summed E-state index contributed by atoms with van der Waals surface area (Å²) in [6.07, 6.45) is 2.79. The molecule has 0 bridgehead atoms. The Morgan fingerprint density at radius 3 is 2.64 bits per heavy atom. The summed E-state index contributed by atoms with van der Waals surface area (Å²) in [5, 5.41) is 12.1. The van der Waals surface area contributed by atoms with Gasteiger partial charge >= 0.3 is 12.1 Å². The summed E-state index contributed by atoms with van der Waals surface area (Å²) in [5.41, 5.74) is 0.431. The monoisotopic (exact) mass is 151 g/mol. The van der Waals surface area contributed by atoms with Crippen LogP contribution in [0.1, 0.15) is 5.56 Å². The Balaban J connectivity index is 2.88. The summed E-state index contributed by atoms with van der Waals surface area (Å²) in [5.74, 6) is 0. The van der Waals surface area contributed by atoms with Gasteiger partial charge in [0.1, 0.15) is 5.56 Å². The number of rotatable bonds is 1. The third-order valence-electron chi connectivity index (χ3n) is 0.985. The van der Waals surface area contributed by atoms with Crippen LogP contribution >= 0.6 is 0 Å². The van der Waals surface area contributed by atoms with Gasteiger partial charge in [-0.15, -0.1) is 0 Å². The lowest BCUT2D eigenvalue weighted by molar-refractivity contribution is 0.379. The maximum absolute atomic E-state index is 9.68. The van der Waals surface area contributed by atoms with Crippen molar-refractivity contribution in [3.63, 3.8) is 0 Å². The highest BCUT2D eigenvalue weighted by molar-refractivity contribution is 5.26. The van der Waals surface area contributed by atoms with E-state index >= 15 is 0 Å². The van der Waals surface area contributed by atoms with E-state index in [2.05, 4.69) is 25.8 Å². The van der Waals surface area contributed by atoms with E-state index in [0.29, 0.717) is 5.56 Å².